The van der Waals surface area contributed by atoms with Gasteiger partial charge in [0.15, 0.2) is 0 Å². The van der Waals surface area contributed by atoms with E-state index in [0.717, 1.165) is 36.6 Å². The van der Waals surface area contributed by atoms with Crippen molar-refractivity contribution in [2.24, 2.45) is 5.92 Å². The number of hydrogen-bond donors (Lipinski definition) is 2. The maximum atomic E-state index is 11.8. The van der Waals surface area contributed by atoms with Crippen LogP contribution < -0.4 is 10.6 Å². The van der Waals surface area contributed by atoms with Crippen LogP contribution in [0.3, 0.4) is 0 Å². The fourth-order valence-electron chi connectivity index (χ4n) is 2.17. The predicted molar refractivity (Wildman–Crippen MR) is 91.1 cm³/mol. The minimum Gasteiger partial charge on any atom is -0.377 e. The second-order valence-electron chi connectivity index (χ2n) is 5.67. The first-order valence-corrected chi connectivity index (χ1v) is 7.91. The standard InChI is InChI=1S/C17H26N2O2.ClH/c1-2-9-21-13-16-6-4-3-5-15(16)11-19-17(20)12-18-10-14-7-8-14;/h3-6,14,18H,2,7-13H2,1H3,(H,19,20);1H. The number of benzene rings is 1. The van der Waals surface area contributed by atoms with Gasteiger partial charge in [0.05, 0.1) is 13.2 Å². The molecule has 0 unspecified atom stereocenters. The first kappa shape index (κ1) is 18.9. The van der Waals surface area contributed by atoms with E-state index in [0.29, 0.717) is 19.7 Å². The number of amides is 1. The molecule has 0 radical (unpaired) electrons. The van der Waals surface area contributed by atoms with Crippen molar-refractivity contribution in [2.45, 2.75) is 39.3 Å². The molecule has 1 fully saturated rings. The molecule has 1 saturated carbocycles. The summed E-state index contributed by atoms with van der Waals surface area (Å²) < 4.78 is 5.59. The molecule has 22 heavy (non-hydrogen) atoms. The summed E-state index contributed by atoms with van der Waals surface area (Å²) in [6, 6.07) is 8.11. The van der Waals surface area contributed by atoms with E-state index in [1.807, 2.05) is 18.2 Å². The maximum absolute atomic E-state index is 11.8. The van der Waals surface area contributed by atoms with E-state index < -0.39 is 0 Å². The molecule has 5 heteroatoms. The molecule has 0 aromatic heterocycles. The summed E-state index contributed by atoms with van der Waals surface area (Å²) in [5.41, 5.74) is 2.28. The minimum atomic E-state index is 0. The quantitative estimate of drug-likeness (QED) is 0.650. The third-order valence-corrected chi connectivity index (χ3v) is 3.62. The molecule has 0 aliphatic heterocycles. The van der Waals surface area contributed by atoms with Gasteiger partial charge in [-0.15, -0.1) is 12.4 Å². The molecule has 124 valence electrons. The number of carbonyl (C=O) groups excluding carboxylic acids is 1. The highest BCUT2D eigenvalue weighted by Crippen LogP contribution is 2.27. The van der Waals surface area contributed by atoms with Gasteiger partial charge in [0.2, 0.25) is 5.91 Å². The van der Waals surface area contributed by atoms with E-state index in [9.17, 15) is 4.79 Å². The van der Waals surface area contributed by atoms with E-state index in [4.69, 9.17) is 4.74 Å². The number of rotatable bonds is 10. The third-order valence-electron chi connectivity index (χ3n) is 3.62. The van der Waals surface area contributed by atoms with Gasteiger partial charge in [0.1, 0.15) is 0 Å². The molecular weight excluding hydrogens is 300 g/mol. The second-order valence-corrected chi connectivity index (χ2v) is 5.67. The summed E-state index contributed by atoms with van der Waals surface area (Å²) in [4.78, 5) is 11.8. The van der Waals surface area contributed by atoms with Crippen LogP contribution in [0.1, 0.15) is 37.3 Å². The van der Waals surface area contributed by atoms with Crippen LogP contribution in [0.5, 0.6) is 0 Å². The Bertz CT molecular complexity index is 450. The summed E-state index contributed by atoms with van der Waals surface area (Å²) in [6.45, 7) is 5.42. The lowest BCUT2D eigenvalue weighted by atomic mass is 10.1. The van der Waals surface area contributed by atoms with E-state index in [-0.39, 0.29) is 18.3 Å². The van der Waals surface area contributed by atoms with E-state index in [1.54, 1.807) is 0 Å². The average Bonchev–Trinajstić information content (AvgIpc) is 3.31. The number of nitrogens with one attached hydrogen (secondary N) is 2. The van der Waals surface area contributed by atoms with Gasteiger partial charge in [-0.25, -0.2) is 0 Å². The van der Waals surface area contributed by atoms with Gasteiger partial charge in [-0.2, -0.15) is 0 Å². The molecule has 0 saturated heterocycles. The van der Waals surface area contributed by atoms with Crippen molar-refractivity contribution in [1.29, 1.82) is 0 Å². The first-order chi connectivity index (χ1) is 10.3. The Morgan fingerprint density at radius 3 is 2.68 bits per heavy atom. The van der Waals surface area contributed by atoms with Crippen molar-refractivity contribution in [3.63, 3.8) is 0 Å². The molecule has 0 atom stereocenters. The Morgan fingerprint density at radius 2 is 2.00 bits per heavy atom. The summed E-state index contributed by atoms with van der Waals surface area (Å²) in [6.07, 6.45) is 3.63. The Hall–Kier alpha value is -1.10. The topological polar surface area (TPSA) is 50.4 Å². The van der Waals surface area contributed by atoms with E-state index in [2.05, 4.69) is 23.6 Å². The van der Waals surface area contributed by atoms with Crippen molar-refractivity contribution in [2.75, 3.05) is 19.7 Å². The molecule has 0 spiro atoms. The molecule has 0 heterocycles. The lowest BCUT2D eigenvalue weighted by Gasteiger charge is -2.11. The molecule has 1 aromatic carbocycles. The molecule has 2 N–H and O–H groups in total. The van der Waals surface area contributed by atoms with Crippen molar-refractivity contribution in [3.8, 4) is 0 Å². The van der Waals surface area contributed by atoms with Gasteiger partial charge in [-0.05, 0) is 42.9 Å². The largest absolute Gasteiger partial charge is 0.377 e. The van der Waals surface area contributed by atoms with Gasteiger partial charge in [0, 0.05) is 13.2 Å². The molecule has 1 amide bonds. The summed E-state index contributed by atoms with van der Waals surface area (Å²) >= 11 is 0. The number of ether oxygens (including phenoxy) is 1. The molecule has 1 aromatic rings. The van der Waals surface area contributed by atoms with Crippen LogP contribution in [0, 0.1) is 5.92 Å². The first-order valence-electron chi connectivity index (χ1n) is 7.91. The smallest absolute Gasteiger partial charge is 0.234 e. The maximum Gasteiger partial charge on any atom is 0.234 e. The Labute approximate surface area is 139 Å². The van der Waals surface area contributed by atoms with Crippen molar-refractivity contribution >= 4 is 18.3 Å². The molecule has 0 bridgehead atoms. The number of carbonyl (C=O) groups is 1. The average molecular weight is 327 g/mol. The number of halogens is 1. The van der Waals surface area contributed by atoms with Crippen molar-refractivity contribution < 1.29 is 9.53 Å². The van der Waals surface area contributed by atoms with Crippen LogP contribution in [-0.4, -0.2) is 25.6 Å². The highest BCUT2D eigenvalue weighted by atomic mass is 35.5. The lowest BCUT2D eigenvalue weighted by Crippen LogP contribution is -2.34. The predicted octanol–water partition coefficient (Wildman–Crippen LogP) is 2.65. The van der Waals surface area contributed by atoms with Crippen molar-refractivity contribution in [1.82, 2.24) is 10.6 Å². The Morgan fingerprint density at radius 1 is 1.27 bits per heavy atom. The molecular formula is C17H27ClN2O2. The molecule has 1 aliphatic rings. The van der Waals surface area contributed by atoms with Gasteiger partial charge >= 0.3 is 0 Å². The van der Waals surface area contributed by atoms with Gasteiger partial charge in [0.25, 0.3) is 0 Å². The minimum absolute atomic E-state index is 0. The highest BCUT2D eigenvalue weighted by molar-refractivity contribution is 5.85. The van der Waals surface area contributed by atoms with Crippen LogP contribution in [0.15, 0.2) is 24.3 Å². The highest BCUT2D eigenvalue weighted by Gasteiger charge is 2.20. The molecule has 2 rings (SSSR count). The van der Waals surface area contributed by atoms with Crippen LogP contribution in [0.4, 0.5) is 0 Å². The van der Waals surface area contributed by atoms with Crippen LogP contribution >= 0.6 is 12.4 Å². The van der Waals surface area contributed by atoms with Gasteiger partial charge in [-0.3, -0.25) is 4.79 Å². The van der Waals surface area contributed by atoms with Crippen LogP contribution in [0.2, 0.25) is 0 Å². The second kappa shape index (κ2) is 10.6. The van der Waals surface area contributed by atoms with Crippen LogP contribution in [0.25, 0.3) is 0 Å². The van der Waals surface area contributed by atoms with E-state index >= 15 is 0 Å². The number of hydrogen-bond acceptors (Lipinski definition) is 3. The van der Waals surface area contributed by atoms with Gasteiger partial charge < -0.3 is 15.4 Å². The third kappa shape index (κ3) is 7.25. The zero-order valence-electron chi connectivity index (χ0n) is 13.3. The molecule has 4 nitrogen and oxygen atoms in total. The van der Waals surface area contributed by atoms with E-state index in [1.165, 1.54) is 12.8 Å². The Balaban J connectivity index is 0.00000242. The van der Waals surface area contributed by atoms with Crippen LogP contribution in [-0.2, 0) is 22.7 Å². The van der Waals surface area contributed by atoms with Gasteiger partial charge in [-0.1, -0.05) is 31.2 Å². The zero-order valence-corrected chi connectivity index (χ0v) is 14.1. The fourth-order valence-corrected chi connectivity index (χ4v) is 2.17. The summed E-state index contributed by atoms with van der Waals surface area (Å²) in [5, 5.41) is 6.17. The summed E-state index contributed by atoms with van der Waals surface area (Å²) in [5.74, 6) is 0.856. The Kier molecular flexibility index (Phi) is 9.13. The zero-order chi connectivity index (χ0) is 14.9. The fraction of sp³-hybridized carbons (Fsp3) is 0.588. The lowest BCUT2D eigenvalue weighted by molar-refractivity contribution is -0.120. The summed E-state index contributed by atoms with van der Waals surface area (Å²) in [7, 11) is 0. The normalized spacial score (nSPS) is 13.5. The van der Waals surface area contributed by atoms with Crippen molar-refractivity contribution in [3.05, 3.63) is 35.4 Å². The monoisotopic (exact) mass is 326 g/mol. The SMILES string of the molecule is CCCOCc1ccccc1CNC(=O)CNCC1CC1.Cl. The molecule has 1 aliphatic carbocycles.